The SMILES string of the molecule is NS(=O)(=O)N1CCN(Cc2ccc(F)cc2)C(=O)C1. The van der Waals surface area contributed by atoms with Crippen molar-refractivity contribution in [3.05, 3.63) is 35.6 Å². The normalized spacial score (nSPS) is 17.8. The average molecular weight is 287 g/mol. The van der Waals surface area contributed by atoms with E-state index in [4.69, 9.17) is 5.14 Å². The summed E-state index contributed by atoms with van der Waals surface area (Å²) >= 11 is 0. The number of hydrogen-bond acceptors (Lipinski definition) is 3. The van der Waals surface area contributed by atoms with Crippen LogP contribution in [0.2, 0.25) is 0 Å². The first-order valence-electron chi connectivity index (χ1n) is 5.66. The number of halogens is 1. The van der Waals surface area contributed by atoms with Gasteiger partial charge in [-0.3, -0.25) is 4.79 Å². The van der Waals surface area contributed by atoms with Gasteiger partial charge in [0.1, 0.15) is 5.82 Å². The lowest BCUT2D eigenvalue weighted by Crippen LogP contribution is -2.53. The molecule has 1 aliphatic heterocycles. The summed E-state index contributed by atoms with van der Waals surface area (Å²) in [6.45, 7) is 0.524. The molecule has 0 saturated carbocycles. The zero-order chi connectivity index (χ0) is 14.0. The van der Waals surface area contributed by atoms with E-state index in [1.165, 1.54) is 17.0 Å². The van der Waals surface area contributed by atoms with Crippen LogP contribution in [0.15, 0.2) is 24.3 Å². The summed E-state index contributed by atoms with van der Waals surface area (Å²) in [5.74, 6) is -0.654. The Balaban J connectivity index is 2.01. The minimum Gasteiger partial charge on any atom is -0.336 e. The molecule has 8 heteroatoms. The van der Waals surface area contributed by atoms with Gasteiger partial charge >= 0.3 is 0 Å². The molecule has 0 bridgehead atoms. The number of nitrogens with two attached hydrogens (primary N) is 1. The fraction of sp³-hybridized carbons (Fsp3) is 0.364. The van der Waals surface area contributed by atoms with E-state index >= 15 is 0 Å². The molecule has 0 aromatic heterocycles. The summed E-state index contributed by atoms with van der Waals surface area (Å²) < 4.78 is 35.9. The van der Waals surface area contributed by atoms with E-state index in [2.05, 4.69) is 0 Å². The van der Waals surface area contributed by atoms with Crippen LogP contribution in [-0.2, 0) is 21.5 Å². The summed E-state index contributed by atoms with van der Waals surface area (Å²) in [4.78, 5) is 13.3. The van der Waals surface area contributed by atoms with Crippen LogP contribution in [-0.4, -0.2) is 43.2 Å². The Hall–Kier alpha value is -1.51. The van der Waals surface area contributed by atoms with E-state index in [0.29, 0.717) is 6.54 Å². The molecule has 1 aromatic rings. The fourth-order valence-corrected chi connectivity index (χ4v) is 2.51. The van der Waals surface area contributed by atoms with Crippen LogP contribution < -0.4 is 5.14 Å². The minimum absolute atomic E-state index is 0.172. The molecule has 1 amide bonds. The summed E-state index contributed by atoms with van der Waals surface area (Å²) in [6.07, 6.45) is 0. The molecule has 1 aromatic carbocycles. The molecule has 0 radical (unpaired) electrons. The lowest BCUT2D eigenvalue weighted by molar-refractivity contribution is -0.134. The standard InChI is InChI=1S/C11H14FN3O3S/c12-10-3-1-9(2-4-10)7-14-5-6-15(8-11(14)16)19(13,17)18/h1-4H,5-8H2,(H2,13,17,18). The third-order valence-corrected chi connectivity index (χ3v) is 3.96. The van der Waals surface area contributed by atoms with E-state index in [-0.39, 0.29) is 31.4 Å². The van der Waals surface area contributed by atoms with Gasteiger partial charge in [0, 0.05) is 19.6 Å². The van der Waals surface area contributed by atoms with Crippen LogP contribution in [0.25, 0.3) is 0 Å². The highest BCUT2D eigenvalue weighted by molar-refractivity contribution is 7.86. The topological polar surface area (TPSA) is 83.7 Å². The van der Waals surface area contributed by atoms with Crippen LogP contribution in [0, 0.1) is 5.82 Å². The molecule has 104 valence electrons. The lowest BCUT2D eigenvalue weighted by atomic mass is 10.2. The quantitative estimate of drug-likeness (QED) is 0.826. The Morgan fingerprint density at radius 3 is 2.37 bits per heavy atom. The second-order valence-electron chi connectivity index (χ2n) is 4.32. The maximum absolute atomic E-state index is 12.8. The van der Waals surface area contributed by atoms with Gasteiger partial charge in [0.15, 0.2) is 0 Å². The number of carbonyl (C=O) groups is 1. The van der Waals surface area contributed by atoms with E-state index in [1.54, 1.807) is 12.1 Å². The van der Waals surface area contributed by atoms with Crippen molar-refractivity contribution >= 4 is 16.1 Å². The Bertz CT molecular complexity index is 573. The molecule has 0 aliphatic carbocycles. The van der Waals surface area contributed by atoms with Crippen molar-refractivity contribution in [1.29, 1.82) is 0 Å². The molecule has 1 fully saturated rings. The van der Waals surface area contributed by atoms with Gasteiger partial charge in [-0.05, 0) is 17.7 Å². The van der Waals surface area contributed by atoms with Crippen LogP contribution in [0.3, 0.4) is 0 Å². The largest absolute Gasteiger partial charge is 0.336 e. The Morgan fingerprint density at radius 1 is 1.21 bits per heavy atom. The Kier molecular flexibility index (Phi) is 3.83. The molecule has 1 heterocycles. The van der Waals surface area contributed by atoms with Gasteiger partial charge in [0.2, 0.25) is 5.91 Å². The molecular formula is C11H14FN3O3S. The molecule has 0 spiro atoms. The second-order valence-corrected chi connectivity index (χ2v) is 5.87. The molecule has 6 nitrogen and oxygen atoms in total. The summed E-state index contributed by atoms with van der Waals surface area (Å²) in [7, 11) is -3.82. The predicted octanol–water partition coefficient (Wildman–Crippen LogP) is -0.327. The molecule has 1 aliphatic rings. The molecule has 2 rings (SSSR count). The minimum atomic E-state index is -3.82. The van der Waals surface area contributed by atoms with E-state index in [9.17, 15) is 17.6 Å². The number of amides is 1. The monoisotopic (exact) mass is 287 g/mol. The molecule has 19 heavy (non-hydrogen) atoms. The van der Waals surface area contributed by atoms with Crippen molar-refractivity contribution in [1.82, 2.24) is 9.21 Å². The number of hydrogen-bond donors (Lipinski definition) is 1. The number of nitrogens with zero attached hydrogens (tertiary/aromatic N) is 2. The van der Waals surface area contributed by atoms with Crippen LogP contribution >= 0.6 is 0 Å². The smallest absolute Gasteiger partial charge is 0.277 e. The number of piperazine rings is 1. The third-order valence-electron chi connectivity index (χ3n) is 2.93. The number of rotatable bonds is 3. The van der Waals surface area contributed by atoms with Gasteiger partial charge in [-0.1, -0.05) is 12.1 Å². The van der Waals surface area contributed by atoms with Crippen LogP contribution in [0.1, 0.15) is 5.56 Å². The van der Waals surface area contributed by atoms with Crippen molar-refractivity contribution in [3.63, 3.8) is 0 Å². The fourth-order valence-electron chi connectivity index (χ4n) is 1.88. The van der Waals surface area contributed by atoms with Crippen LogP contribution in [0.4, 0.5) is 4.39 Å². The highest BCUT2D eigenvalue weighted by Gasteiger charge is 2.29. The van der Waals surface area contributed by atoms with Gasteiger partial charge < -0.3 is 4.90 Å². The van der Waals surface area contributed by atoms with Gasteiger partial charge in [-0.15, -0.1) is 0 Å². The van der Waals surface area contributed by atoms with Gasteiger partial charge in [-0.25, -0.2) is 9.53 Å². The molecule has 0 unspecified atom stereocenters. The van der Waals surface area contributed by atoms with Gasteiger partial charge in [-0.2, -0.15) is 12.7 Å². The molecule has 1 saturated heterocycles. The van der Waals surface area contributed by atoms with Crippen molar-refractivity contribution in [2.45, 2.75) is 6.54 Å². The van der Waals surface area contributed by atoms with Crippen molar-refractivity contribution in [3.8, 4) is 0 Å². The molecule has 0 atom stereocenters. The summed E-state index contributed by atoms with van der Waals surface area (Å²) in [5, 5.41) is 4.97. The van der Waals surface area contributed by atoms with Crippen molar-refractivity contribution in [2.75, 3.05) is 19.6 Å². The van der Waals surface area contributed by atoms with Crippen LogP contribution in [0.5, 0.6) is 0 Å². The van der Waals surface area contributed by atoms with Gasteiger partial charge in [0.25, 0.3) is 10.2 Å². The highest BCUT2D eigenvalue weighted by atomic mass is 32.2. The number of carbonyl (C=O) groups excluding carboxylic acids is 1. The van der Waals surface area contributed by atoms with E-state index in [1.807, 2.05) is 0 Å². The zero-order valence-corrected chi connectivity index (χ0v) is 10.9. The van der Waals surface area contributed by atoms with Gasteiger partial charge in [0.05, 0.1) is 6.54 Å². The highest BCUT2D eigenvalue weighted by Crippen LogP contribution is 2.11. The first-order chi connectivity index (χ1) is 8.86. The maximum Gasteiger partial charge on any atom is 0.277 e. The number of benzene rings is 1. The van der Waals surface area contributed by atoms with E-state index < -0.39 is 10.2 Å². The average Bonchev–Trinajstić information content (AvgIpc) is 2.33. The second kappa shape index (κ2) is 5.24. The summed E-state index contributed by atoms with van der Waals surface area (Å²) in [6, 6.07) is 5.82. The Morgan fingerprint density at radius 2 is 1.84 bits per heavy atom. The summed E-state index contributed by atoms with van der Waals surface area (Å²) in [5.41, 5.74) is 0.791. The van der Waals surface area contributed by atoms with Crippen molar-refractivity contribution in [2.24, 2.45) is 5.14 Å². The maximum atomic E-state index is 12.8. The van der Waals surface area contributed by atoms with E-state index in [0.717, 1.165) is 9.87 Å². The van der Waals surface area contributed by atoms with Crippen molar-refractivity contribution < 1.29 is 17.6 Å². The molecule has 2 N–H and O–H groups in total. The lowest BCUT2D eigenvalue weighted by Gasteiger charge is -2.32. The third kappa shape index (κ3) is 3.49. The Labute approximate surface area is 110 Å². The predicted molar refractivity (Wildman–Crippen MR) is 66.5 cm³/mol. The first-order valence-corrected chi connectivity index (χ1v) is 7.16. The zero-order valence-electron chi connectivity index (χ0n) is 10.1. The molecular weight excluding hydrogens is 273 g/mol. The first kappa shape index (κ1) is 13.9.